The number of nitrogens with one attached hydrogen (secondary N) is 1. The maximum Gasteiger partial charge on any atom is 0.168 e. The number of halogens is 1. The van der Waals surface area contributed by atoms with Crippen LogP contribution in [0.2, 0.25) is 0 Å². The largest absolute Gasteiger partial charge is 0.376 e. The van der Waals surface area contributed by atoms with E-state index in [0.29, 0.717) is 5.69 Å². The molecule has 4 nitrogen and oxygen atoms in total. The van der Waals surface area contributed by atoms with E-state index in [1.54, 1.807) is 18.5 Å². The van der Waals surface area contributed by atoms with Crippen LogP contribution in [0, 0.1) is 12.7 Å². The fourth-order valence-corrected chi connectivity index (χ4v) is 1.69. The summed E-state index contributed by atoms with van der Waals surface area (Å²) in [4.78, 5) is 4.11. The van der Waals surface area contributed by atoms with E-state index in [-0.39, 0.29) is 10.9 Å². The molecule has 2 rings (SSSR count). The molecule has 0 aliphatic carbocycles. The highest BCUT2D eigenvalue weighted by Crippen LogP contribution is 2.22. The van der Waals surface area contributed by atoms with Gasteiger partial charge in [-0.15, -0.1) is 0 Å². The van der Waals surface area contributed by atoms with Gasteiger partial charge in [0.15, 0.2) is 5.11 Å². The van der Waals surface area contributed by atoms with Crippen molar-refractivity contribution in [1.29, 1.82) is 0 Å². The van der Waals surface area contributed by atoms with Crippen LogP contribution >= 0.6 is 12.2 Å². The monoisotopic (exact) mass is 250 g/mol. The van der Waals surface area contributed by atoms with Gasteiger partial charge >= 0.3 is 0 Å². The van der Waals surface area contributed by atoms with Crippen molar-refractivity contribution < 1.29 is 4.39 Å². The lowest BCUT2D eigenvalue weighted by molar-refractivity contribution is 0.628. The average Bonchev–Trinajstić information content (AvgIpc) is 2.64. The highest BCUT2D eigenvalue weighted by molar-refractivity contribution is 7.80. The van der Waals surface area contributed by atoms with Gasteiger partial charge in [0, 0.05) is 12.4 Å². The molecule has 0 amide bonds. The molecule has 17 heavy (non-hydrogen) atoms. The van der Waals surface area contributed by atoms with Crippen molar-refractivity contribution in [3.8, 4) is 5.69 Å². The summed E-state index contributed by atoms with van der Waals surface area (Å²) in [6, 6.07) is 4.36. The molecule has 0 saturated carbocycles. The molecular formula is C11H11FN4S. The molecule has 0 spiro atoms. The van der Waals surface area contributed by atoms with Gasteiger partial charge in [-0.3, -0.25) is 0 Å². The van der Waals surface area contributed by atoms with Gasteiger partial charge in [0.25, 0.3) is 0 Å². The first-order valence-electron chi connectivity index (χ1n) is 4.94. The molecular weight excluding hydrogens is 239 g/mol. The van der Waals surface area contributed by atoms with Crippen LogP contribution in [-0.4, -0.2) is 14.7 Å². The van der Waals surface area contributed by atoms with Gasteiger partial charge in [-0.05, 0) is 37.3 Å². The Hall–Kier alpha value is -1.95. The SMILES string of the molecule is Cc1nccn1-c1ccc(F)cc1NC(N)=S. The third-order valence-electron chi connectivity index (χ3n) is 2.30. The van der Waals surface area contributed by atoms with Gasteiger partial charge < -0.3 is 15.6 Å². The number of imidazole rings is 1. The average molecular weight is 250 g/mol. The molecule has 0 saturated heterocycles. The van der Waals surface area contributed by atoms with Crippen molar-refractivity contribution in [3.63, 3.8) is 0 Å². The number of anilines is 1. The quantitative estimate of drug-likeness (QED) is 0.800. The maximum absolute atomic E-state index is 13.2. The van der Waals surface area contributed by atoms with Crippen LogP contribution in [-0.2, 0) is 0 Å². The van der Waals surface area contributed by atoms with Crippen molar-refractivity contribution in [2.24, 2.45) is 5.73 Å². The molecule has 0 radical (unpaired) electrons. The van der Waals surface area contributed by atoms with E-state index in [9.17, 15) is 4.39 Å². The zero-order chi connectivity index (χ0) is 12.4. The highest BCUT2D eigenvalue weighted by atomic mass is 32.1. The summed E-state index contributed by atoms with van der Waals surface area (Å²) in [5, 5.41) is 2.84. The Labute approximate surface area is 103 Å². The fourth-order valence-electron chi connectivity index (χ4n) is 1.58. The minimum atomic E-state index is -0.356. The number of nitrogens with two attached hydrogens (primary N) is 1. The van der Waals surface area contributed by atoms with Crippen LogP contribution < -0.4 is 11.1 Å². The number of benzene rings is 1. The van der Waals surface area contributed by atoms with E-state index in [0.717, 1.165) is 11.5 Å². The minimum Gasteiger partial charge on any atom is -0.376 e. The smallest absolute Gasteiger partial charge is 0.168 e. The van der Waals surface area contributed by atoms with Gasteiger partial charge in [0.05, 0.1) is 11.4 Å². The van der Waals surface area contributed by atoms with Gasteiger partial charge in [-0.2, -0.15) is 0 Å². The molecule has 2 aromatic rings. The summed E-state index contributed by atoms with van der Waals surface area (Å²) >= 11 is 4.76. The predicted molar refractivity (Wildman–Crippen MR) is 68.7 cm³/mol. The molecule has 0 bridgehead atoms. The normalized spacial score (nSPS) is 10.2. The lowest BCUT2D eigenvalue weighted by Crippen LogP contribution is -2.20. The lowest BCUT2D eigenvalue weighted by atomic mass is 10.2. The zero-order valence-corrected chi connectivity index (χ0v) is 9.96. The van der Waals surface area contributed by atoms with Crippen molar-refractivity contribution in [2.45, 2.75) is 6.92 Å². The molecule has 3 N–H and O–H groups in total. The van der Waals surface area contributed by atoms with Crippen LogP contribution in [0.4, 0.5) is 10.1 Å². The first kappa shape index (κ1) is 11.5. The van der Waals surface area contributed by atoms with E-state index in [4.69, 9.17) is 18.0 Å². The Balaban J connectivity index is 2.53. The molecule has 0 atom stereocenters. The lowest BCUT2D eigenvalue weighted by Gasteiger charge is -2.12. The Bertz CT molecular complexity index is 564. The van der Waals surface area contributed by atoms with Crippen molar-refractivity contribution >= 4 is 23.0 Å². The van der Waals surface area contributed by atoms with Crippen LogP contribution in [0.3, 0.4) is 0 Å². The van der Waals surface area contributed by atoms with Crippen LogP contribution in [0.5, 0.6) is 0 Å². The first-order valence-corrected chi connectivity index (χ1v) is 5.35. The number of aryl methyl sites for hydroxylation is 1. The summed E-state index contributed by atoms with van der Waals surface area (Å²) in [6.07, 6.45) is 3.45. The van der Waals surface area contributed by atoms with Crippen LogP contribution in [0.25, 0.3) is 5.69 Å². The van der Waals surface area contributed by atoms with Gasteiger partial charge in [0.1, 0.15) is 11.6 Å². The van der Waals surface area contributed by atoms with Crippen LogP contribution in [0.1, 0.15) is 5.82 Å². The number of thiocarbonyl (C=S) groups is 1. The minimum absolute atomic E-state index is 0.0922. The molecule has 0 unspecified atom stereocenters. The predicted octanol–water partition coefficient (Wildman–Crippen LogP) is 1.98. The molecule has 6 heteroatoms. The second-order valence-electron chi connectivity index (χ2n) is 3.50. The van der Waals surface area contributed by atoms with Crippen molar-refractivity contribution in [3.05, 3.63) is 42.2 Å². The topological polar surface area (TPSA) is 55.9 Å². The Morgan fingerprint density at radius 1 is 1.53 bits per heavy atom. The van der Waals surface area contributed by atoms with Gasteiger partial charge in [0.2, 0.25) is 0 Å². The second-order valence-corrected chi connectivity index (χ2v) is 3.94. The van der Waals surface area contributed by atoms with Crippen molar-refractivity contribution in [1.82, 2.24) is 9.55 Å². The molecule has 1 heterocycles. The molecule has 0 aliphatic heterocycles. The molecule has 88 valence electrons. The number of rotatable bonds is 2. The molecule has 0 fully saturated rings. The molecule has 0 aliphatic rings. The van der Waals surface area contributed by atoms with E-state index in [1.165, 1.54) is 12.1 Å². The van der Waals surface area contributed by atoms with Gasteiger partial charge in [-0.1, -0.05) is 0 Å². The summed E-state index contributed by atoms with van der Waals surface area (Å²) in [5.74, 6) is 0.438. The second kappa shape index (κ2) is 4.50. The fraction of sp³-hybridized carbons (Fsp3) is 0.0909. The van der Waals surface area contributed by atoms with E-state index < -0.39 is 0 Å². The van der Waals surface area contributed by atoms with Crippen molar-refractivity contribution in [2.75, 3.05) is 5.32 Å². The number of aromatic nitrogens is 2. The third-order valence-corrected chi connectivity index (χ3v) is 2.40. The Kier molecular flexibility index (Phi) is 3.06. The maximum atomic E-state index is 13.2. The summed E-state index contributed by atoms with van der Waals surface area (Å²) < 4.78 is 15.0. The highest BCUT2D eigenvalue weighted by Gasteiger charge is 2.08. The van der Waals surface area contributed by atoms with E-state index in [2.05, 4.69) is 10.3 Å². The number of nitrogens with zero attached hydrogens (tertiary/aromatic N) is 2. The summed E-state index contributed by atoms with van der Waals surface area (Å²) in [7, 11) is 0. The van der Waals surface area contributed by atoms with Gasteiger partial charge in [-0.25, -0.2) is 9.37 Å². The Morgan fingerprint density at radius 3 is 2.88 bits per heavy atom. The first-order chi connectivity index (χ1) is 8.08. The molecule has 1 aromatic heterocycles. The summed E-state index contributed by atoms with van der Waals surface area (Å²) in [6.45, 7) is 1.86. The Morgan fingerprint density at radius 2 is 2.29 bits per heavy atom. The van der Waals surface area contributed by atoms with Crippen LogP contribution in [0.15, 0.2) is 30.6 Å². The molecule has 1 aromatic carbocycles. The number of hydrogen-bond donors (Lipinski definition) is 2. The third kappa shape index (κ3) is 2.42. The number of hydrogen-bond acceptors (Lipinski definition) is 2. The zero-order valence-electron chi connectivity index (χ0n) is 9.14. The van der Waals surface area contributed by atoms with E-state index >= 15 is 0 Å². The van der Waals surface area contributed by atoms with E-state index in [1.807, 2.05) is 11.5 Å². The summed E-state index contributed by atoms with van der Waals surface area (Å²) in [5.41, 5.74) is 6.67. The standard InChI is InChI=1S/C11H11FN4S/c1-7-14-4-5-16(7)10-3-2-8(12)6-9(10)15-11(13)17/h2-6H,1H3,(H3,13,15,17).